The number of fused-ring (bicyclic) bond motifs is 1. The minimum atomic E-state index is -0.0307. The zero-order valence-electron chi connectivity index (χ0n) is 21.2. The lowest BCUT2D eigenvalue weighted by molar-refractivity contribution is -0.123. The van der Waals surface area contributed by atoms with Crippen LogP contribution in [0.4, 0.5) is 0 Å². The lowest BCUT2D eigenvalue weighted by Gasteiger charge is -2.42. The molecule has 1 aliphatic rings. The molecule has 0 spiro atoms. The molecule has 1 aliphatic carbocycles. The molecule has 0 saturated heterocycles. The Morgan fingerprint density at radius 3 is 2.71 bits per heavy atom. The molecule has 4 rings (SSSR count). The first kappa shape index (κ1) is 24.2. The summed E-state index contributed by atoms with van der Waals surface area (Å²) in [6.45, 7) is 12.0. The normalized spacial score (nSPS) is 20.5. The van der Waals surface area contributed by atoms with Crippen molar-refractivity contribution in [2.75, 3.05) is 0 Å². The van der Waals surface area contributed by atoms with Gasteiger partial charge in [0.2, 0.25) is 5.91 Å². The number of aryl methyl sites for hydroxylation is 2. The quantitative estimate of drug-likeness (QED) is 0.600. The van der Waals surface area contributed by atoms with Crippen LogP contribution in [-0.4, -0.2) is 40.8 Å². The predicted octanol–water partition coefficient (Wildman–Crippen LogP) is 3.24. The molecule has 1 N–H and O–H groups in total. The average Bonchev–Trinajstić information content (AvgIpc) is 3.36. The molecule has 3 heterocycles. The third-order valence-corrected chi connectivity index (χ3v) is 7.02. The molecule has 0 aromatic carbocycles. The highest BCUT2D eigenvalue weighted by molar-refractivity contribution is 5.76. The molecule has 0 bridgehead atoms. The van der Waals surface area contributed by atoms with E-state index in [0.717, 1.165) is 36.1 Å². The van der Waals surface area contributed by atoms with E-state index in [1.165, 1.54) is 6.33 Å². The Labute approximate surface area is 200 Å². The van der Waals surface area contributed by atoms with Crippen LogP contribution in [0.1, 0.15) is 71.9 Å². The van der Waals surface area contributed by atoms with E-state index in [1.807, 2.05) is 10.6 Å². The fraction of sp³-hybridized carbons (Fsp3) is 0.640. The van der Waals surface area contributed by atoms with Gasteiger partial charge in [-0.25, -0.2) is 14.8 Å². The molecular formula is C25H37N7O2. The van der Waals surface area contributed by atoms with Crippen LogP contribution in [0.5, 0.6) is 0 Å². The standard InChI is InChI=1S/C25H37N7O2/c1-24(2,3)14-32-19-8-7-18(28-22(19)30(6)23(32)34)17-9-11-25(4,5)20(13-17)29-21(33)10-12-31-16-26-15-27-31/h7-8,15-17,20H,9-14H2,1-6H3,(H,29,33). The van der Waals surface area contributed by atoms with Crippen molar-refractivity contribution >= 4 is 17.1 Å². The second-order valence-electron chi connectivity index (χ2n) is 11.6. The maximum Gasteiger partial charge on any atom is 0.330 e. The highest BCUT2D eigenvalue weighted by Gasteiger charge is 2.38. The molecule has 9 heteroatoms. The number of amides is 1. The molecule has 34 heavy (non-hydrogen) atoms. The van der Waals surface area contributed by atoms with Crippen molar-refractivity contribution in [2.24, 2.45) is 17.9 Å². The zero-order chi connectivity index (χ0) is 24.7. The van der Waals surface area contributed by atoms with Crippen molar-refractivity contribution in [3.05, 3.63) is 41.0 Å². The Balaban J connectivity index is 1.52. The number of imidazole rings is 1. The Kier molecular flexibility index (Phi) is 6.40. The Morgan fingerprint density at radius 1 is 1.26 bits per heavy atom. The van der Waals surface area contributed by atoms with Crippen LogP contribution in [0.2, 0.25) is 0 Å². The first-order valence-electron chi connectivity index (χ1n) is 12.1. The number of pyridine rings is 1. The van der Waals surface area contributed by atoms with Gasteiger partial charge in [-0.1, -0.05) is 34.6 Å². The summed E-state index contributed by atoms with van der Waals surface area (Å²) < 4.78 is 5.15. The first-order valence-corrected chi connectivity index (χ1v) is 12.1. The molecule has 2 unspecified atom stereocenters. The molecular weight excluding hydrogens is 430 g/mol. The highest BCUT2D eigenvalue weighted by atomic mass is 16.2. The number of hydrogen-bond acceptors (Lipinski definition) is 5. The van der Waals surface area contributed by atoms with Gasteiger partial charge in [-0.3, -0.25) is 18.6 Å². The molecule has 1 fully saturated rings. The number of hydrogen-bond donors (Lipinski definition) is 1. The van der Waals surface area contributed by atoms with Crippen molar-refractivity contribution in [1.82, 2.24) is 34.2 Å². The summed E-state index contributed by atoms with van der Waals surface area (Å²) >= 11 is 0. The summed E-state index contributed by atoms with van der Waals surface area (Å²) in [6.07, 6.45) is 6.30. The molecule has 2 atom stereocenters. The fourth-order valence-corrected chi connectivity index (χ4v) is 4.94. The van der Waals surface area contributed by atoms with Crippen molar-refractivity contribution < 1.29 is 4.79 Å². The zero-order valence-corrected chi connectivity index (χ0v) is 21.2. The number of carbonyl (C=O) groups is 1. The van der Waals surface area contributed by atoms with Gasteiger partial charge in [-0.05, 0) is 42.2 Å². The second-order valence-corrected chi connectivity index (χ2v) is 11.6. The van der Waals surface area contributed by atoms with Gasteiger partial charge < -0.3 is 5.32 Å². The minimum Gasteiger partial charge on any atom is -0.353 e. The summed E-state index contributed by atoms with van der Waals surface area (Å²) in [5, 5.41) is 7.34. The van der Waals surface area contributed by atoms with E-state index in [2.05, 4.69) is 56.1 Å². The van der Waals surface area contributed by atoms with Crippen molar-refractivity contribution in [3.8, 4) is 0 Å². The lowest BCUT2D eigenvalue weighted by Crippen LogP contribution is -2.48. The largest absolute Gasteiger partial charge is 0.353 e. The Morgan fingerprint density at radius 2 is 2.03 bits per heavy atom. The molecule has 1 amide bonds. The van der Waals surface area contributed by atoms with Crippen LogP contribution in [-0.2, 0) is 24.9 Å². The van der Waals surface area contributed by atoms with Gasteiger partial charge in [-0.15, -0.1) is 0 Å². The maximum atomic E-state index is 12.9. The first-order chi connectivity index (χ1) is 15.9. The van der Waals surface area contributed by atoms with Crippen LogP contribution >= 0.6 is 0 Å². The van der Waals surface area contributed by atoms with Gasteiger partial charge >= 0.3 is 5.69 Å². The number of nitrogens with one attached hydrogen (secondary N) is 1. The van der Waals surface area contributed by atoms with Gasteiger partial charge in [-0.2, -0.15) is 5.10 Å². The van der Waals surface area contributed by atoms with Crippen molar-refractivity contribution in [2.45, 2.75) is 85.4 Å². The summed E-state index contributed by atoms with van der Waals surface area (Å²) in [6, 6.07) is 4.16. The van der Waals surface area contributed by atoms with E-state index in [-0.39, 0.29) is 34.4 Å². The monoisotopic (exact) mass is 467 g/mol. The summed E-state index contributed by atoms with van der Waals surface area (Å²) in [7, 11) is 1.79. The van der Waals surface area contributed by atoms with Gasteiger partial charge in [0.05, 0.1) is 12.1 Å². The molecule has 1 saturated carbocycles. The van der Waals surface area contributed by atoms with Crippen LogP contribution in [0, 0.1) is 10.8 Å². The predicted molar refractivity (Wildman–Crippen MR) is 131 cm³/mol. The lowest BCUT2D eigenvalue weighted by atomic mass is 9.68. The summed E-state index contributed by atoms with van der Waals surface area (Å²) in [5.41, 5.74) is 2.56. The number of rotatable bonds is 6. The van der Waals surface area contributed by atoms with E-state index in [9.17, 15) is 9.59 Å². The van der Waals surface area contributed by atoms with E-state index in [0.29, 0.717) is 19.5 Å². The van der Waals surface area contributed by atoms with E-state index >= 15 is 0 Å². The highest BCUT2D eigenvalue weighted by Crippen LogP contribution is 2.42. The Bertz CT molecular complexity index is 1210. The molecule has 3 aromatic heterocycles. The molecule has 0 aliphatic heterocycles. The topological polar surface area (TPSA) is 99.6 Å². The van der Waals surface area contributed by atoms with E-state index in [4.69, 9.17) is 4.98 Å². The second kappa shape index (κ2) is 9.00. The maximum absolute atomic E-state index is 12.9. The number of nitrogens with zero attached hydrogens (tertiary/aromatic N) is 6. The van der Waals surface area contributed by atoms with E-state index in [1.54, 1.807) is 22.6 Å². The average molecular weight is 468 g/mol. The molecule has 0 radical (unpaired) electrons. The third kappa shape index (κ3) is 5.08. The number of carbonyl (C=O) groups excluding carboxylic acids is 1. The summed E-state index contributed by atoms with van der Waals surface area (Å²) in [4.78, 5) is 34.4. The van der Waals surface area contributed by atoms with Gasteiger partial charge in [0.15, 0.2) is 5.65 Å². The smallest absolute Gasteiger partial charge is 0.330 e. The van der Waals surface area contributed by atoms with Crippen LogP contribution in [0.15, 0.2) is 29.6 Å². The molecule has 184 valence electrons. The Hall–Kier alpha value is -2.97. The molecule has 3 aromatic rings. The van der Waals surface area contributed by atoms with Gasteiger partial charge in [0.1, 0.15) is 12.7 Å². The van der Waals surface area contributed by atoms with Gasteiger partial charge in [0, 0.05) is 37.7 Å². The SMILES string of the molecule is Cn1c(=O)n(CC(C)(C)C)c2ccc(C3CCC(C)(C)C(NC(=O)CCn4cncn4)C3)nc21. The number of aromatic nitrogens is 6. The third-order valence-electron chi connectivity index (χ3n) is 7.02. The van der Waals surface area contributed by atoms with Crippen LogP contribution in [0.25, 0.3) is 11.2 Å². The van der Waals surface area contributed by atoms with Crippen LogP contribution < -0.4 is 11.0 Å². The van der Waals surface area contributed by atoms with E-state index < -0.39 is 0 Å². The summed E-state index contributed by atoms with van der Waals surface area (Å²) in [5.74, 6) is 0.262. The minimum absolute atomic E-state index is 0.00636. The van der Waals surface area contributed by atoms with Crippen LogP contribution in [0.3, 0.4) is 0 Å². The fourth-order valence-electron chi connectivity index (χ4n) is 4.94. The van der Waals surface area contributed by atoms with Crippen molar-refractivity contribution in [3.63, 3.8) is 0 Å². The van der Waals surface area contributed by atoms with Crippen molar-refractivity contribution in [1.29, 1.82) is 0 Å². The van der Waals surface area contributed by atoms with Gasteiger partial charge in [0.25, 0.3) is 0 Å². The molecule has 9 nitrogen and oxygen atoms in total.